The number of nitro groups is 1. The van der Waals surface area contributed by atoms with Crippen molar-refractivity contribution in [2.75, 3.05) is 6.61 Å². The zero-order valence-electron chi connectivity index (χ0n) is 18.0. The molecular weight excluding hydrogens is 414 g/mol. The van der Waals surface area contributed by atoms with Gasteiger partial charge in [-0.25, -0.2) is 4.79 Å². The predicted molar refractivity (Wildman–Crippen MR) is 112 cm³/mol. The van der Waals surface area contributed by atoms with Crippen molar-refractivity contribution in [2.24, 2.45) is 5.92 Å². The molecule has 1 atom stereocenters. The molecule has 1 rings (SSSR count). The first-order valence-corrected chi connectivity index (χ1v) is 9.97. The first kappa shape index (κ1) is 25.4. The van der Waals surface area contributed by atoms with Gasteiger partial charge in [-0.15, -0.1) is 0 Å². The van der Waals surface area contributed by atoms with Gasteiger partial charge in [0.05, 0.1) is 4.92 Å². The van der Waals surface area contributed by atoms with Crippen molar-refractivity contribution in [3.05, 3.63) is 38.9 Å². The molecule has 0 bridgehead atoms. The molecule has 1 unspecified atom stereocenters. The summed E-state index contributed by atoms with van der Waals surface area (Å²) < 4.78 is 5.15. The van der Waals surface area contributed by atoms with E-state index in [-0.39, 0.29) is 34.5 Å². The van der Waals surface area contributed by atoms with E-state index < -0.39 is 35.1 Å². The van der Waals surface area contributed by atoms with E-state index in [9.17, 15) is 24.5 Å². The minimum absolute atomic E-state index is 0.0218. The largest absolute Gasteiger partial charge is 0.454 e. The van der Waals surface area contributed by atoms with E-state index in [1.165, 1.54) is 12.1 Å². The van der Waals surface area contributed by atoms with E-state index in [4.69, 9.17) is 16.3 Å². The maximum atomic E-state index is 12.5. The molecule has 2 amide bonds. The van der Waals surface area contributed by atoms with Gasteiger partial charge in [-0.3, -0.25) is 19.7 Å². The number of esters is 1. The Balaban J connectivity index is 2.88. The number of nitrogens with zero attached hydrogens (tertiary/aromatic N) is 2. The number of halogens is 1. The molecule has 0 aliphatic heterocycles. The minimum atomic E-state index is -1.04. The van der Waals surface area contributed by atoms with Crippen molar-refractivity contribution in [3.63, 3.8) is 0 Å². The van der Waals surface area contributed by atoms with Crippen molar-refractivity contribution in [1.82, 2.24) is 10.2 Å². The molecular formula is C20H28ClN3O6. The number of nitrogens with one attached hydrogen (secondary N) is 1. The summed E-state index contributed by atoms with van der Waals surface area (Å²) in [5.41, 5.74) is -0.438. The maximum Gasteiger partial charge on any atom is 0.329 e. The molecule has 0 radical (unpaired) electrons. The Hall–Kier alpha value is -2.68. The van der Waals surface area contributed by atoms with E-state index in [1.54, 1.807) is 18.7 Å². The van der Waals surface area contributed by atoms with Crippen molar-refractivity contribution < 1.29 is 24.0 Å². The molecule has 0 saturated carbocycles. The molecule has 1 aromatic carbocycles. The summed E-state index contributed by atoms with van der Waals surface area (Å²) in [7, 11) is 0. The molecule has 0 aliphatic carbocycles. The molecule has 166 valence electrons. The lowest BCUT2D eigenvalue weighted by Gasteiger charge is -2.30. The van der Waals surface area contributed by atoms with Gasteiger partial charge in [0.2, 0.25) is 0 Å². The lowest BCUT2D eigenvalue weighted by atomic mass is 10.0. The van der Waals surface area contributed by atoms with E-state index in [1.807, 2.05) is 27.7 Å². The Morgan fingerprint density at radius 2 is 1.70 bits per heavy atom. The zero-order chi connectivity index (χ0) is 23.2. The third-order valence-electron chi connectivity index (χ3n) is 4.35. The summed E-state index contributed by atoms with van der Waals surface area (Å²) in [6, 6.07) is 2.44. The van der Waals surface area contributed by atoms with Crippen molar-refractivity contribution in [2.45, 2.75) is 59.7 Å². The number of carbonyl (C=O) groups is 3. The number of amides is 2. The molecule has 0 heterocycles. The van der Waals surface area contributed by atoms with Crippen LogP contribution in [0, 0.1) is 16.0 Å². The van der Waals surface area contributed by atoms with E-state index in [0.717, 1.165) is 6.07 Å². The number of hydrogen-bond acceptors (Lipinski definition) is 6. The highest BCUT2D eigenvalue weighted by atomic mass is 35.5. The molecule has 0 aromatic heterocycles. The van der Waals surface area contributed by atoms with E-state index in [2.05, 4.69) is 5.32 Å². The number of carbonyl (C=O) groups excluding carboxylic acids is 3. The number of ether oxygens (including phenoxy) is 1. The van der Waals surface area contributed by atoms with Crippen molar-refractivity contribution in [1.29, 1.82) is 0 Å². The summed E-state index contributed by atoms with van der Waals surface area (Å²) >= 11 is 5.76. The van der Waals surface area contributed by atoms with Crippen LogP contribution < -0.4 is 5.32 Å². The Morgan fingerprint density at radius 3 is 2.17 bits per heavy atom. The number of hydrogen-bond donors (Lipinski definition) is 1. The number of nitro benzene ring substituents is 1. The van der Waals surface area contributed by atoms with Crippen LogP contribution in [-0.4, -0.2) is 52.3 Å². The lowest BCUT2D eigenvalue weighted by molar-refractivity contribution is -0.384. The molecule has 0 saturated heterocycles. The second-order valence-electron chi connectivity index (χ2n) is 7.71. The average Bonchev–Trinajstić information content (AvgIpc) is 2.63. The first-order valence-electron chi connectivity index (χ1n) is 9.59. The van der Waals surface area contributed by atoms with Gasteiger partial charge in [0.25, 0.3) is 17.5 Å². The second kappa shape index (κ2) is 10.9. The summed E-state index contributed by atoms with van der Waals surface area (Å²) in [6.07, 6.45) is 0. The van der Waals surface area contributed by atoms with Crippen LogP contribution in [0.3, 0.4) is 0 Å². The Morgan fingerprint density at radius 1 is 1.13 bits per heavy atom. The van der Waals surface area contributed by atoms with Gasteiger partial charge in [-0.2, -0.15) is 0 Å². The van der Waals surface area contributed by atoms with Gasteiger partial charge in [0.1, 0.15) is 11.1 Å². The summed E-state index contributed by atoms with van der Waals surface area (Å²) in [5, 5.41) is 13.4. The summed E-state index contributed by atoms with van der Waals surface area (Å²) in [6.45, 7) is 10.4. The van der Waals surface area contributed by atoms with Crippen LogP contribution in [0.1, 0.15) is 51.9 Å². The molecule has 1 aromatic rings. The Bertz CT molecular complexity index is 802. The van der Waals surface area contributed by atoms with Gasteiger partial charge in [0.15, 0.2) is 6.61 Å². The summed E-state index contributed by atoms with van der Waals surface area (Å²) in [5.74, 6) is -2.13. The topological polar surface area (TPSA) is 119 Å². The molecule has 10 heteroatoms. The highest BCUT2D eigenvalue weighted by Crippen LogP contribution is 2.25. The predicted octanol–water partition coefficient (Wildman–Crippen LogP) is 3.19. The minimum Gasteiger partial charge on any atom is -0.454 e. The standard InChI is InChI=1S/C20H28ClN3O6/c1-11(2)18(20(27)30-10-17(25)23(12(3)4)13(5)6)22-19(26)14-7-8-15(21)16(9-14)24(28)29/h7-9,11-13,18H,10H2,1-6H3,(H,22,26). The number of benzene rings is 1. The molecule has 0 fully saturated rings. The highest BCUT2D eigenvalue weighted by molar-refractivity contribution is 6.32. The molecule has 30 heavy (non-hydrogen) atoms. The van der Waals surface area contributed by atoms with Crippen LogP contribution in [0.2, 0.25) is 5.02 Å². The molecule has 1 N–H and O–H groups in total. The van der Waals surface area contributed by atoms with Gasteiger partial charge < -0.3 is 15.0 Å². The quantitative estimate of drug-likeness (QED) is 0.357. The van der Waals surface area contributed by atoms with Crippen LogP contribution in [0.4, 0.5) is 5.69 Å². The molecule has 9 nitrogen and oxygen atoms in total. The van der Waals surface area contributed by atoms with Crippen LogP contribution in [0.25, 0.3) is 0 Å². The van der Waals surface area contributed by atoms with Gasteiger partial charge in [0, 0.05) is 23.7 Å². The zero-order valence-corrected chi connectivity index (χ0v) is 18.7. The van der Waals surface area contributed by atoms with Gasteiger partial charge in [-0.05, 0) is 45.7 Å². The fraction of sp³-hybridized carbons (Fsp3) is 0.550. The third kappa shape index (κ3) is 6.69. The average molecular weight is 442 g/mol. The van der Waals surface area contributed by atoms with Gasteiger partial charge >= 0.3 is 5.97 Å². The Kier molecular flexibility index (Phi) is 9.22. The first-order chi connectivity index (χ1) is 13.9. The smallest absolute Gasteiger partial charge is 0.329 e. The highest BCUT2D eigenvalue weighted by Gasteiger charge is 2.29. The normalized spacial score (nSPS) is 12.1. The lowest BCUT2D eigenvalue weighted by Crippen LogP contribution is -2.48. The SMILES string of the molecule is CC(C)C(NC(=O)c1ccc(Cl)c([N+](=O)[O-])c1)C(=O)OCC(=O)N(C(C)C)C(C)C. The van der Waals surface area contributed by atoms with Crippen LogP contribution >= 0.6 is 11.6 Å². The fourth-order valence-corrected chi connectivity index (χ4v) is 3.17. The van der Waals surface area contributed by atoms with E-state index in [0.29, 0.717) is 0 Å². The van der Waals surface area contributed by atoms with Crippen LogP contribution in [-0.2, 0) is 14.3 Å². The monoisotopic (exact) mass is 441 g/mol. The van der Waals surface area contributed by atoms with Crippen LogP contribution in [0.5, 0.6) is 0 Å². The second-order valence-corrected chi connectivity index (χ2v) is 8.12. The maximum absolute atomic E-state index is 12.5. The van der Waals surface area contributed by atoms with Crippen molar-refractivity contribution in [3.8, 4) is 0 Å². The fourth-order valence-electron chi connectivity index (χ4n) is 2.99. The molecule has 0 spiro atoms. The molecule has 0 aliphatic rings. The summed E-state index contributed by atoms with van der Waals surface area (Å²) in [4.78, 5) is 49.3. The van der Waals surface area contributed by atoms with Crippen LogP contribution in [0.15, 0.2) is 18.2 Å². The van der Waals surface area contributed by atoms with Crippen molar-refractivity contribution >= 4 is 35.1 Å². The third-order valence-corrected chi connectivity index (χ3v) is 4.67. The van der Waals surface area contributed by atoms with Gasteiger partial charge in [-0.1, -0.05) is 25.4 Å². The van der Waals surface area contributed by atoms with E-state index >= 15 is 0 Å². The number of rotatable bonds is 9. The Labute approximate surface area is 180 Å².